The second-order valence-corrected chi connectivity index (χ2v) is 2.77. The van der Waals surface area contributed by atoms with Crippen molar-refractivity contribution in [3.63, 3.8) is 0 Å². The number of carboxylic acid groups (broad SMARTS) is 1. The maximum absolute atomic E-state index is 12.8. The quantitative estimate of drug-likeness (QED) is 0.734. The van der Waals surface area contributed by atoms with Gasteiger partial charge in [0.2, 0.25) is 0 Å². The number of rotatable bonds is 2. The molecule has 1 aromatic heterocycles. The summed E-state index contributed by atoms with van der Waals surface area (Å²) < 4.78 is 12.8. The molecule has 0 saturated carbocycles. The fourth-order valence-electron chi connectivity index (χ4n) is 0.859. The van der Waals surface area contributed by atoms with Gasteiger partial charge in [-0.1, -0.05) is 23.2 Å². The summed E-state index contributed by atoms with van der Waals surface area (Å²) in [6.45, 7) is 3.53. The van der Waals surface area contributed by atoms with Crippen molar-refractivity contribution in [2.24, 2.45) is 0 Å². The van der Waals surface area contributed by atoms with Crippen LogP contribution in [0, 0.1) is 0 Å². The first kappa shape index (κ1) is 8.70. The molecule has 0 aliphatic rings. The van der Waals surface area contributed by atoms with Gasteiger partial charge in [0, 0.05) is 0 Å². The Morgan fingerprint density at radius 3 is 2.58 bits per heavy atom. The van der Waals surface area contributed by atoms with Gasteiger partial charge in [0.1, 0.15) is 0 Å². The Bertz CT molecular complexity index is 306. The molecular weight excluding hydrogens is 163 g/mol. The molecule has 0 saturated heterocycles. The van der Waals surface area contributed by atoms with Crippen molar-refractivity contribution >= 4 is 5.97 Å². The average Bonchev–Trinajstić information content (AvgIpc) is 2.30. The number of halogens is 1. The summed E-state index contributed by atoms with van der Waals surface area (Å²) in [5, 5.41) is 11.6. The van der Waals surface area contributed by atoms with Crippen molar-refractivity contribution in [2.75, 3.05) is 0 Å². The summed E-state index contributed by atoms with van der Waals surface area (Å²) >= 11 is 0. The fraction of sp³-hybridized carbons (Fsp3) is 0.429. The topological polar surface area (TPSA) is 55.1 Å². The highest BCUT2D eigenvalue weighted by Gasteiger charge is 2.14. The predicted molar refractivity (Wildman–Crippen MR) is 39.8 cm³/mol. The minimum atomic E-state index is -1.21. The molecule has 4 nitrogen and oxygen atoms in total. The Kier molecular flexibility index (Phi) is 2.12. The highest BCUT2D eigenvalue weighted by Crippen LogP contribution is 2.15. The van der Waals surface area contributed by atoms with Crippen LogP contribution in [0.5, 0.6) is 0 Å². The number of aromatic nitrogens is 2. The van der Waals surface area contributed by atoms with E-state index in [9.17, 15) is 9.28 Å². The molecule has 1 aromatic rings. The molecule has 0 bridgehead atoms. The highest BCUT2D eigenvalue weighted by atomic mass is 19.2. The minimum Gasteiger partial charge on any atom is -0.476 e. The molecule has 0 unspecified atom stereocenters. The van der Waals surface area contributed by atoms with E-state index >= 15 is 0 Å². The van der Waals surface area contributed by atoms with Gasteiger partial charge >= 0.3 is 5.97 Å². The van der Waals surface area contributed by atoms with Gasteiger partial charge in [-0.3, -0.25) is 0 Å². The second-order valence-electron chi connectivity index (χ2n) is 2.77. The molecule has 5 heteroatoms. The van der Waals surface area contributed by atoms with Crippen LogP contribution in [0.1, 0.15) is 35.9 Å². The van der Waals surface area contributed by atoms with Crippen LogP contribution in [0.4, 0.5) is 4.48 Å². The SMILES string of the molecule is CC(C)c1cc(C(=O)O)nn1F. The van der Waals surface area contributed by atoms with Crippen LogP contribution in [-0.4, -0.2) is 21.1 Å². The summed E-state index contributed by atoms with van der Waals surface area (Å²) in [7, 11) is 0. The Balaban J connectivity index is 3.09. The zero-order chi connectivity index (χ0) is 9.30. The highest BCUT2D eigenvalue weighted by molar-refractivity contribution is 5.85. The molecule has 0 spiro atoms. The van der Waals surface area contributed by atoms with Crippen molar-refractivity contribution in [2.45, 2.75) is 19.8 Å². The zero-order valence-corrected chi connectivity index (χ0v) is 6.78. The Labute approximate surface area is 68.6 Å². The third-order valence-corrected chi connectivity index (χ3v) is 1.50. The molecule has 12 heavy (non-hydrogen) atoms. The van der Waals surface area contributed by atoms with Gasteiger partial charge in [-0.2, -0.15) is 0 Å². The predicted octanol–water partition coefficient (Wildman–Crippen LogP) is 1.44. The third-order valence-electron chi connectivity index (χ3n) is 1.50. The first-order valence-electron chi connectivity index (χ1n) is 3.51. The van der Waals surface area contributed by atoms with E-state index in [0.29, 0.717) is 0 Å². The lowest BCUT2D eigenvalue weighted by molar-refractivity contribution is 0.0687. The zero-order valence-electron chi connectivity index (χ0n) is 6.78. The normalized spacial score (nSPS) is 10.7. The van der Waals surface area contributed by atoms with Gasteiger partial charge < -0.3 is 5.11 Å². The minimum absolute atomic E-state index is 0.0735. The van der Waals surface area contributed by atoms with Crippen LogP contribution in [0.15, 0.2) is 6.07 Å². The molecule has 0 aromatic carbocycles. The first-order valence-corrected chi connectivity index (χ1v) is 3.51. The van der Waals surface area contributed by atoms with Gasteiger partial charge in [-0.05, 0) is 12.0 Å². The lowest BCUT2D eigenvalue weighted by Crippen LogP contribution is -1.98. The number of carboxylic acids is 1. The monoisotopic (exact) mass is 172 g/mol. The molecule has 66 valence electrons. The first-order chi connectivity index (χ1) is 5.52. The van der Waals surface area contributed by atoms with E-state index in [1.807, 2.05) is 0 Å². The van der Waals surface area contributed by atoms with Crippen LogP contribution < -0.4 is 0 Å². The molecule has 0 amide bonds. The molecule has 1 rings (SSSR count). The Morgan fingerprint density at radius 2 is 2.33 bits per heavy atom. The van der Waals surface area contributed by atoms with E-state index < -0.39 is 5.97 Å². The second kappa shape index (κ2) is 2.92. The average molecular weight is 172 g/mol. The molecule has 1 N–H and O–H groups in total. The van der Waals surface area contributed by atoms with Crippen LogP contribution in [0.2, 0.25) is 0 Å². The van der Waals surface area contributed by atoms with Crippen LogP contribution in [0.25, 0.3) is 0 Å². The standard InChI is InChI=1S/C7H9FN2O2/c1-4(2)6-3-5(7(11)12)9-10(6)8/h3-4H,1-2H3,(H,11,12). The van der Waals surface area contributed by atoms with Crippen LogP contribution >= 0.6 is 0 Å². The molecular formula is C7H9FN2O2. The van der Waals surface area contributed by atoms with E-state index in [1.165, 1.54) is 6.07 Å². The number of carbonyl (C=O) groups is 1. The lowest BCUT2D eigenvalue weighted by atomic mass is 10.1. The molecule has 0 radical (unpaired) electrons. The molecule has 0 aliphatic heterocycles. The summed E-state index contributed by atoms with van der Waals surface area (Å²) in [6.07, 6.45) is 0. The van der Waals surface area contributed by atoms with Crippen LogP contribution in [0.3, 0.4) is 0 Å². The molecule has 0 aliphatic carbocycles. The van der Waals surface area contributed by atoms with Crippen molar-refractivity contribution in [3.8, 4) is 0 Å². The Morgan fingerprint density at radius 1 is 1.75 bits per heavy atom. The molecule has 1 heterocycles. The summed E-state index contributed by atoms with van der Waals surface area (Å²) in [5.74, 6) is -1.29. The maximum Gasteiger partial charge on any atom is 0.356 e. The fourth-order valence-corrected chi connectivity index (χ4v) is 0.859. The van der Waals surface area contributed by atoms with Crippen molar-refractivity contribution in [1.29, 1.82) is 0 Å². The summed E-state index contributed by atoms with van der Waals surface area (Å²) in [5.41, 5.74) is 0.00796. The van der Waals surface area contributed by atoms with Gasteiger partial charge in [-0.15, -0.1) is 5.10 Å². The van der Waals surface area contributed by atoms with Gasteiger partial charge in [-0.25, -0.2) is 4.79 Å². The van der Waals surface area contributed by atoms with Crippen molar-refractivity contribution in [1.82, 2.24) is 10.0 Å². The van der Waals surface area contributed by atoms with Crippen molar-refractivity contribution in [3.05, 3.63) is 17.5 Å². The van der Waals surface area contributed by atoms with Gasteiger partial charge in [0.25, 0.3) is 0 Å². The molecule has 0 fully saturated rings. The van der Waals surface area contributed by atoms with Crippen LogP contribution in [-0.2, 0) is 0 Å². The van der Waals surface area contributed by atoms with E-state index in [4.69, 9.17) is 5.11 Å². The largest absolute Gasteiger partial charge is 0.476 e. The van der Waals surface area contributed by atoms with E-state index in [1.54, 1.807) is 13.8 Å². The number of hydrogen-bond donors (Lipinski definition) is 1. The van der Waals surface area contributed by atoms with E-state index in [-0.39, 0.29) is 22.2 Å². The van der Waals surface area contributed by atoms with Gasteiger partial charge in [0.05, 0.1) is 5.69 Å². The number of aromatic carboxylic acids is 1. The summed E-state index contributed by atoms with van der Waals surface area (Å²) in [6, 6.07) is 1.23. The maximum atomic E-state index is 12.8. The Hall–Kier alpha value is -1.39. The third kappa shape index (κ3) is 1.44. The summed E-state index contributed by atoms with van der Waals surface area (Å²) in [4.78, 5) is 10.5. The van der Waals surface area contributed by atoms with E-state index in [2.05, 4.69) is 5.10 Å². The number of hydrogen-bond acceptors (Lipinski definition) is 2. The van der Waals surface area contributed by atoms with Crippen molar-refractivity contribution < 1.29 is 14.4 Å². The number of nitrogens with zero attached hydrogens (tertiary/aromatic N) is 2. The lowest BCUT2D eigenvalue weighted by Gasteiger charge is -1.98. The smallest absolute Gasteiger partial charge is 0.356 e. The van der Waals surface area contributed by atoms with Gasteiger partial charge in [0.15, 0.2) is 5.69 Å². The molecule has 0 atom stereocenters. The van der Waals surface area contributed by atoms with E-state index in [0.717, 1.165) is 0 Å².